The second-order valence-electron chi connectivity index (χ2n) is 2.97. The number of benzene rings is 1. The summed E-state index contributed by atoms with van der Waals surface area (Å²) in [5.41, 5.74) is 9.99. The van der Waals surface area contributed by atoms with Crippen molar-refractivity contribution in [2.75, 3.05) is 0 Å². The minimum absolute atomic E-state index is 0.164. The zero-order valence-corrected chi connectivity index (χ0v) is 9.29. The van der Waals surface area contributed by atoms with Crippen LogP contribution in [0.1, 0.15) is 12.5 Å². The summed E-state index contributed by atoms with van der Waals surface area (Å²) in [7, 11) is 0. The van der Waals surface area contributed by atoms with Crippen molar-refractivity contribution < 1.29 is 0 Å². The molecule has 0 aromatic heterocycles. The zero-order valence-electron chi connectivity index (χ0n) is 8.47. The van der Waals surface area contributed by atoms with E-state index >= 15 is 0 Å². The van der Waals surface area contributed by atoms with Crippen LogP contribution in [0.25, 0.3) is 5.57 Å². The molecule has 0 fully saturated rings. The number of rotatable bonds is 3. The Kier molecular flexibility index (Phi) is 4.50. The lowest BCUT2D eigenvalue weighted by Gasteiger charge is -1.98. The molecule has 0 amide bonds. The van der Waals surface area contributed by atoms with Crippen molar-refractivity contribution in [1.82, 2.24) is 5.43 Å². The van der Waals surface area contributed by atoms with Gasteiger partial charge in [-0.2, -0.15) is 5.10 Å². The minimum atomic E-state index is 0.164. The Bertz CT molecular complexity index is 382. The monoisotopic (exact) mass is 219 g/mol. The van der Waals surface area contributed by atoms with Crippen LogP contribution in [0.5, 0.6) is 0 Å². The summed E-state index contributed by atoms with van der Waals surface area (Å²) in [6.07, 6.45) is 3.52. The van der Waals surface area contributed by atoms with E-state index in [2.05, 4.69) is 22.7 Å². The first-order chi connectivity index (χ1) is 7.20. The summed E-state index contributed by atoms with van der Waals surface area (Å²) in [6.45, 7) is 2.02. The van der Waals surface area contributed by atoms with Crippen LogP contribution >= 0.6 is 12.2 Å². The van der Waals surface area contributed by atoms with Gasteiger partial charge < -0.3 is 5.73 Å². The Morgan fingerprint density at radius 1 is 1.40 bits per heavy atom. The van der Waals surface area contributed by atoms with Gasteiger partial charge in [0.15, 0.2) is 5.11 Å². The number of hydrogen-bond donors (Lipinski definition) is 2. The van der Waals surface area contributed by atoms with Crippen LogP contribution in [0.2, 0.25) is 0 Å². The molecule has 0 aliphatic carbocycles. The first-order valence-electron chi connectivity index (χ1n) is 4.51. The maximum atomic E-state index is 5.21. The minimum Gasteiger partial charge on any atom is -0.375 e. The van der Waals surface area contributed by atoms with Crippen molar-refractivity contribution in [2.45, 2.75) is 6.92 Å². The molecular formula is C11H13N3S. The molecule has 0 saturated carbocycles. The molecule has 0 aliphatic heterocycles. The number of nitrogens with two attached hydrogens (primary N) is 1. The third-order valence-corrected chi connectivity index (χ3v) is 1.89. The summed E-state index contributed by atoms with van der Waals surface area (Å²) < 4.78 is 0. The van der Waals surface area contributed by atoms with Gasteiger partial charge in [0.05, 0.1) is 0 Å². The fourth-order valence-electron chi connectivity index (χ4n) is 1.05. The van der Waals surface area contributed by atoms with E-state index in [1.54, 1.807) is 6.21 Å². The van der Waals surface area contributed by atoms with Crippen LogP contribution in [0.15, 0.2) is 41.5 Å². The van der Waals surface area contributed by atoms with E-state index in [1.165, 1.54) is 5.56 Å². The largest absolute Gasteiger partial charge is 0.375 e. The molecule has 1 aromatic carbocycles. The van der Waals surface area contributed by atoms with Crippen molar-refractivity contribution in [2.24, 2.45) is 10.8 Å². The lowest BCUT2D eigenvalue weighted by atomic mass is 10.1. The van der Waals surface area contributed by atoms with Crippen molar-refractivity contribution in [3.05, 3.63) is 42.0 Å². The molecule has 3 N–H and O–H groups in total. The van der Waals surface area contributed by atoms with Crippen LogP contribution in [0.3, 0.4) is 0 Å². The van der Waals surface area contributed by atoms with E-state index in [1.807, 2.05) is 43.3 Å². The summed E-state index contributed by atoms with van der Waals surface area (Å²) in [5.74, 6) is 0. The van der Waals surface area contributed by atoms with Gasteiger partial charge in [-0.1, -0.05) is 30.3 Å². The van der Waals surface area contributed by atoms with Crippen molar-refractivity contribution in [1.29, 1.82) is 0 Å². The van der Waals surface area contributed by atoms with Gasteiger partial charge in [-0.05, 0) is 36.4 Å². The Hall–Kier alpha value is -1.68. The predicted molar refractivity (Wildman–Crippen MR) is 68.5 cm³/mol. The number of nitrogens with zero attached hydrogens (tertiary/aromatic N) is 1. The highest BCUT2D eigenvalue weighted by Crippen LogP contribution is 2.11. The maximum Gasteiger partial charge on any atom is 0.184 e. The second kappa shape index (κ2) is 5.93. The average Bonchev–Trinajstić information content (AvgIpc) is 2.25. The summed E-state index contributed by atoms with van der Waals surface area (Å²) >= 11 is 4.60. The molecule has 78 valence electrons. The SMILES string of the molecule is C/C(=C/C=N/NC(N)=S)c1ccccc1. The first-order valence-corrected chi connectivity index (χ1v) is 4.92. The van der Waals surface area contributed by atoms with Crippen LogP contribution in [0, 0.1) is 0 Å². The highest BCUT2D eigenvalue weighted by molar-refractivity contribution is 7.80. The van der Waals surface area contributed by atoms with Gasteiger partial charge in [-0.3, -0.25) is 5.43 Å². The molecule has 0 saturated heterocycles. The third-order valence-electron chi connectivity index (χ3n) is 1.80. The van der Waals surface area contributed by atoms with Gasteiger partial charge in [-0.25, -0.2) is 0 Å². The molecule has 1 aromatic rings. The molecule has 1 rings (SSSR count). The molecule has 0 atom stereocenters. The van der Waals surface area contributed by atoms with Gasteiger partial charge in [0.2, 0.25) is 0 Å². The predicted octanol–water partition coefficient (Wildman–Crippen LogP) is 1.91. The molecule has 0 heterocycles. The van der Waals surface area contributed by atoms with Gasteiger partial charge in [0.1, 0.15) is 0 Å². The van der Waals surface area contributed by atoms with Gasteiger partial charge in [0.25, 0.3) is 0 Å². The topological polar surface area (TPSA) is 50.4 Å². The fourth-order valence-corrected chi connectivity index (χ4v) is 1.10. The van der Waals surface area contributed by atoms with Crippen LogP contribution in [-0.4, -0.2) is 11.3 Å². The van der Waals surface area contributed by atoms with E-state index in [0.29, 0.717) is 0 Å². The molecule has 0 aliphatic rings. The molecule has 0 bridgehead atoms. The average molecular weight is 219 g/mol. The Morgan fingerprint density at radius 3 is 2.67 bits per heavy atom. The molecule has 0 spiro atoms. The van der Waals surface area contributed by atoms with Crippen LogP contribution in [0.4, 0.5) is 0 Å². The maximum absolute atomic E-state index is 5.21. The summed E-state index contributed by atoms with van der Waals surface area (Å²) in [5, 5.41) is 3.98. The molecular weight excluding hydrogens is 206 g/mol. The molecule has 0 unspecified atom stereocenters. The van der Waals surface area contributed by atoms with E-state index in [-0.39, 0.29) is 5.11 Å². The molecule has 4 heteroatoms. The van der Waals surface area contributed by atoms with Crippen molar-refractivity contribution >= 4 is 29.1 Å². The Balaban J connectivity index is 2.61. The molecule has 3 nitrogen and oxygen atoms in total. The fraction of sp³-hybridized carbons (Fsp3) is 0.0909. The van der Waals surface area contributed by atoms with E-state index in [4.69, 9.17) is 5.73 Å². The van der Waals surface area contributed by atoms with E-state index in [9.17, 15) is 0 Å². The van der Waals surface area contributed by atoms with Crippen LogP contribution in [-0.2, 0) is 0 Å². The Morgan fingerprint density at radius 2 is 2.07 bits per heavy atom. The zero-order chi connectivity index (χ0) is 11.1. The normalized spacial score (nSPS) is 11.7. The van der Waals surface area contributed by atoms with Crippen LogP contribution < -0.4 is 11.2 Å². The highest BCUT2D eigenvalue weighted by atomic mass is 32.1. The standard InChI is InChI=1S/C11H13N3S/c1-9(7-8-13-14-11(12)15)10-5-3-2-4-6-10/h2-8H,1H3,(H3,12,14,15)/b9-7-,13-8+. The highest BCUT2D eigenvalue weighted by Gasteiger charge is 1.90. The number of nitrogens with one attached hydrogen (secondary N) is 1. The van der Waals surface area contributed by atoms with Gasteiger partial charge in [0, 0.05) is 6.21 Å². The number of hydrogen-bond acceptors (Lipinski definition) is 2. The van der Waals surface area contributed by atoms with E-state index < -0.39 is 0 Å². The molecule has 15 heavy (non-hydrogen) atoms. The molecule has 0 radical (unpaired) electrons. The van der Waals surface area contributed by atoms with Crippen molar-refractivity contribution in [3.63, 3.8) is 0 Å². The van der Waals surface area contributed by atoms with Crippen molar-refractivity contribution in [3.8, 4) is 0 Å². The van der Waals surface area contributed by atoms with E-state index in [0.717, 1.165) is 5.57 Å². The lowest BCUT2D eigenvalue weighted by Crippen LogP contribution is -2.23. The second-order valence-corrected chi connectivity index (χ2v) is 3.41. The quantitative estimate of drug-likeness (QED) is 0.464. The lowest BCUT2D eigenvalue weighted by molar-refractivity contribution is 1.04. The number of allylic oxidation sites excluding steroid dienone is 2. The third kappa shape index (κ3) is 4.37. The summed E-state index contributed by atoms with van der Waals surface area (Å²) in [4.78, 5) is 0. The first kappa shape index (κ1) is 11.4. The number of thiocarbonyl (C=S) groups is 1. The smallest absolute Gasteiger partial charge is 0.184 e. The summed E-state index contributed by atoms with van der Waals surface area (Å²) in [6, 6.07) is 10.1. The van der Waals surface area contributed by atoms with Gasteiger partial charge >= 0.3 is 0 Å². The van der Waals surface area contributed by atoms with Gasteiger partial charge in [-0.15, -0.1) is 0 Å². The Labute approximate surface area is 94.7 Å². The number of hydrazone groups is 1.